The lowest BCUT2D eigenvalue weighted by molar-refractivity contribution is 0.141. The van der Waals surface area contributed by atoms with E-state index in [-0.39, 0.29) is 0 Å². The van der Waals surface area contributed by atoms with Crippen LogP contribution in [0.5, 0.6) is 0 Å². The summed E-state index contributed by atoms with van der Waals surface area (Å²) in [6.07, 6.45) is 1.04. The van der Waals surface area contributed by atoms with Gasteiger partial charge in [-0.25, -0.2) is 4.79 Å². The Hall–Kier alpha value is -1.81. The zero-order chi connectivity index (χ0) is 14.4. The van der Waals surface area contributed by atoms with Gasteiger partial charge in [-0.05, 0) is 29.0 Å². The van der Waals surface area contributed by atoms with Crippen molar-refractivity contribution in [2.24, 2.45) is 0 Å². The Kier molecular flexibility index (Phi) is 5.18. The van der Waals surface area contributed by atoms with Gasteiger partial charge in [0.05, 0.1) is 0 Å². The number of rotatable bonds is 6. The van der Waals surface area contributed by atoms with Gasteiger partial charge in [0, 0.05) is 18.0 Å². The van der Waals surface area contributed by atoms with E-state index in [0.717, 1.165) is 24.0 Å². The number of carboxylic acid groups (broad SMARTS) is 1. The van der Waals surface area contributed by atoms with Gasteiger partial charge in [0.2, 0.25) is 0 Å². The largest absolute Gasteiger partial charge is 0.465 e. The fraction of sp³-hybridized carbons (Fsp3) is 0.312. The second-order valence-corrected chi connectivity index (χ2v) is 5.64. The van der Waals surface area contributed by atoms with E-state index in [9.17, 15) is 9.90 Å². The van der Waals surface area contributed by atoms with E-state index in [1.807, 2.05) is 29.6 Å². The molecule has 0 unspecified atom stereocenters. The van der Waals surface area contributed by atoms with Crippen molar-refractivity contribution in [2.75, 3.05) is 6.54 Å². The lowest BCUT2D eigenvalue weighted by Crippen LogP contribution is -2.30. The summed E-state index contributed by atoms with van der Waals surface area (Å²) in [5.41, 5.74) is 2.19. The molecule has 0 fully saturated rings. The Morgan fingerprint density at radius 3 is 2.70 bits per heavy atom. The molecule has 0 radical (unpaired) electrons. The highest BCUT2D eigenvalue weighted by Gasteiger charge is 2.14. The lowest BCUT2D eigenvalue weighted by Gasteiger charge is -2.20. The van der Waals surface area contributed by atoms with Crippen LogP contribution < -0.4 is 0 Å². The number of thiophene rings is 1. The molecule has 0 aliphatic carbocycles. The van der Waals surface area contributed by atoms with E-state index >= 15 is 0 Å². The second-order valence-electron chi connectivity index (χ2n) is 4.69. The molecule has 0 spiro atoms. The standard InChI is InChI=1S/C16H19NO2S/c1-2-3-10-17(16(18)19)12-13-7-4-5-8-14(13)15-9-6-11-20-15/h4-9,11H,2-3,10,12H2,1H3,(H,18,19). The zero-order valence-electron chi connectivity index (χ0n) is 11.6. The molecule has 2 aromatic rings. The minimum atomic E-state index is -0.848. The number of nitrogens with zero attached hydrogens (tertiary/aromatic N) is 1. The van der Waals surface area contributed by atoms with Gasteiger partial charge in [-0.3, -0.25) is 0 Å². The number of benzene rings is 1. The van der Waals surface area contributed by atoms with Gasteiger partial charge in [-0.1, -0.05) is 43.7 Å². The third-order valence-electron chi connectivity index (χ3n) is 3.22. The highest BCUT2D eigenvalue weighted by Crippen LogP contribution is 2.28. The van der Waals surface area contributed by atoms with Crippen molar-refractivity contribution in [3.63, 3.8) is 0 Å². The SMILES string of the molecule is CCCCN(Cc1ccccc1-c1cccs1)C(=O)O. The van der Waals surface area contributed by atoms with Crippen molar-refractivity contribution >= 4 is 17.4 Å². The van der Waals surface area contributed by atoms with Crippen LogP contribution in [0.4, 0.5) is 4.79 Å². The van der Waals surface area contributed by atoms with Crippen LogP contribution in [-0.2, 0) is 6.54 Å². The molecule has 0 aliphatic rings. The fourth-order valence-electron chi connectivity index (χ4n) is 2.13. The molecule has 0 atom stereocenters. The molecule has 0 aliphatic heterocycles. The first kappa shape index (κ1) is 14.6. The molecular formula is C16H19NO2S. The van der Waals surface area contributed by atoms with Crippen molar-refractivity contribution in [2.45, 2.75) is 26.3 Å². The predicted molar refractivity (Wildman–Crippen MR) is 83.1 cm³/mol. The highest BCUT2D eigenvalue weighted by molar-refractivity contribution is 7.13. The average Bonchev–Trinajstić information content (AvgIpc) is 2.97. The maximum Gasteiger partial charge on any atom is 0.407 e. The summed E-state index contributed by atoms with van der Waals surface area (Å²) in [5.74, 6) is 0. The molecule has 2 rings (SSSR count). The summed E-state index contributed by atoms with van der Waals surface area (Å²) < 4.78 is 0. The quantitative estimate of drug-likeness (QED) is 0.837. The number of carbonyl (C=O) groups is 1. The van der Waals surface area contributed by atoms with Crippen molar-refractivity contribution in [1.29, 1.82) is 0 Å². The maximum absolute atomic E-state index is 11.3. The van der Waals surface area contributed by atoms with E-state index in [2.05, 4.69) is 19.1 Å². The zero-order valence-corrected chi connectivity index (χ0v) is 12.4. The van der Waals surface area contributed by atoms with Gasteiger partial charge >= 0.3 is 6.09 Å². The predicted octanol–water partition coefficient (Wildman–Crippen LogP) is 4.70. The number of amides is 1. The van der Waals surface area contributed by atoms with Crippen LogP contribution in [0.1, 0.15) is 25.3 Å². The van der Waals surface area contributed by atoms with Gasteiger partial charge in [0.15, 0.2) is 0 Å². The molecule has 1 N–H and O–H groups in total. The Labute approximate surface area is 123 Å². The fourth-order valence-corrected chi connectivity index (χ4v) is 2.91. The van der Waals surface area contributed by atoms with Crippen LogP contribution in [0.25, 0.3) is 10.4 Å². The van der Waals surface area contributed by atoms with Crippen molar-refractivity contribution < 1.29 is 9.90 Å². The van der Waals surface area contributed by atoms with Crippen LogP contribution in [0.2, 0.25) is 0 Å². The van der Waals surface area contributed by atoms with Crippen molar-refractivity contribution in [1.82, 2.24) is 4.90 Å². The molecular weight excluding hydrogens is 270 g/mol. The number of hydrogen-bond acceptors (Lipinski definition) is 2. The molecule has 0 bridgehead atoms. The summed E-state index contributed by atoms with van der Waals surface area (Å²) in [7, 11) is 0. The minimum Gasteiger partial charge on any atom is -0.465 e. The number of unbranched alkanes of at least 4 members (excludes halogenated alkanes) is 1. The first-order chi connectivity index (χ1) is 9.72. The topological polar surface area (TPSA) is 40.5 Å². The molecule has 1 amide bonds. The van der Waals surface area contributed by atoms with Crippen LogP contribution in [0, 0.1) is 0 Å². The molecule has 3 nitrogen and oxygen atoms in total. The first-order valence-corrected chi connectivity index (χ1v) is 7.70. The second kappa shape index (κ2) is 7.10. The molecule has 0 saturated carbocycles. The third-order valence-corrected chi connectivity index (χ3v) is 4.12. The third kappa shape index (κ3) is 3.61. The van der Waals surface area contributed by atoms with Crippen LogP contribution in [0.15, 0.2) is 41.8 Å². The molecule has 1 aromatic heterocycles. The smallest absolute Gasteiger partial charge is 0.407 e. The normalized spacial score (nSPS) is 10.4. The molecule has 0 saturated heterocycles. The Balaban J connectivity index is 2.22. The van der Waals surface area contributed by atoms with Crippen molar-refractivity contribution in [3.8, 4) is 10.4 Å². The minimum absolute atomic E-state index is 0.448. The van der Waals surface area contributed by atoms with Gasteiger partial charge in [0.25, 0.3) is 0 Å². The lowest BCUT2D eigenvalue weighted by atomic mass is 10.1. The molecule has 106 valence electrons. The van der Waals surface area contributed by atoms with E-state index < -0.39 is 6.09 Å². The van der Waals surface area contributed by atoms with Gasteiger partial charge < -0.3 is 10.0 Å². The van der Waals surface area contributed by atoms with E-state index in [0.29, 0.717) is 13.1 Å². The van der Waals surface area contributed by atoms with Crippen LogP contribution in [-0.4, -0.2) is 22.6 Å². The molecule has 4 heteroatoms. The number of hydrogen-bond donors (Lipinski definition) is 1. The average molecular weight is 289 g/mol. The van der Waals surface area contributed by atoms with E-state index in [1.54, 1.807) is 11.3 Å². The monoisotopic (exact) mass is 289 g/mol. The summed E-state index contributed by atoms with van der Waals surface area (Å²) in [6.45, 7) is 3.10. The summed E-state index contributed by atoms with van der Waals surface area (Å²) >= 11 is 1.68. The van der Waals surface area contributed by atoms with Crippen LogP contribution >= 0.6 is 11.3 Å². The van der Waals surface area contributed by atoms with Crippen molar-refractivity contribution in [3.05, 3.63) is 47.3 Å². The highest BCUT2D eigenvalue weighted by atomic mass is 32.1. The van der Waals surface area contributed by atoms with Crippen LogP contribution in [0.3, 0.4) is 0 Å². The van der Waals surface area contributed by atoms with E-state index in [1.165, 1.54) is 9.78 Å². The maximum atomic E-state index is 11.3. The van der Waals surface area contributed by atoms with E-state index in [4.69, 9.17) is 0 Å². The van der Waals surface area contributed by atoms with Gasteiger partial charge in [0.1, 0.15) is 0 Å². The Bertz CT molecular complexity index is 551. The molecule has 1 aromatic carbocycles. The van der Waals surface area contributed by atoms with Gasteiger partial charge in [-0.2, -0.15) is 0 Å². The molecule has 20 heavy (non-hydrogen) atoms. The Morgan fingerprint density at radius 1 is 1.25 bits per heavy atom. The summed E-state index contributed by atoms with van der Waals surface area (Å²) in [6, 6.07) is 12.1. The first-order valence-electron chi connectivity index (χ1n) is 6.82. The summed E-state index contributed by atoms with van der Waals surface area (Å²) in [4.78, 5) is 14.0. The summed E-state index contributed by atoms with van der Waals surface area (Å²) in [5, 5.41) is 11.4. The molecule has 1 heterocycles. The van der Waals surface area contributed by atoms with Gasteiger partial charge in [-0.15, -0.1) is 11.3 Å². The Morgan fingerprint density at radius 2 is 2.05 bits per heavy atom.